The van der Waals surface area contributed by atoms with Crippen LogP contribution < -0.4 is 4.90 Å². The molecule has 0 saturated carbocycles. The summed E-state index contributed by atoms with van der Waals surface area (Å²) in [5.74, 6) is 1.79. The molecule has 2 aliphatic rings. The van der Waals surface area contributed by atoms with Crippen LogP contribution >= 0.6 is 0 Å². The largest absolute Gasteiger partial charge is 0.481 e. The minimum absolute atomic E-state index is 0.213. The van der Waals surface area contributed by atoms with Gasteiger partial charge in [0.05, 0.1) is 12.1 Å². The maximum Gasteiger partial charge on any atom is 0.305 e. The van der Waals surface area contributed by atoms with E-state index in [1.54, 1.807) is 39.4 Å². The zero-order chi connectivity index (χ0) is 41.8. The highest BCUT2D eigenvalue weighted by Crippen LogP contribution is 2.17. The number of ketones is 2. The Kier molecular flexibility index (Phi) is 27.8. The summed E-state index contributed by atoms with van der Waals surface area (Å²) >= 11 is 0. The van der Waals surface area contributed by atoms with Gasteiger partial charge < -0.3 is 19.8 Å². The predicted molar refractivity (Wildman–Crippen MR) is 223 cm³/mol. The Morgan fingerprint density at radius 3 is 1.65 bits per heavy atom. The van der Waals surface area contributed by atoms with E-state index in [-0.39, 0.29) is 29.3 Å². The van der Waals surface area contributed by atoms with Gasteiger partial charge in [0.2, 0.25) is 11.8 Å². The molecule has 2 saturated heterocycles. The number of carboxylic acids is 1. The van der Waals surface area contributed by atoms with E-state index < -0.39 is 5.97 Å². The lowest BCUT2D eigenvalue weighted by atomic mass is 9.98. The molecular formula is C44H73N5O6. The molecule has 0 unspecified atom stereocenters. The molecule has 1 aromatic heterocycles. The van der Waals surface area contributed by atoms with Crippen LogP contribution in [-0.4, -0.2) is 93.5 Å². The predicted octanol–water partition coefficient (Wildman–Crippen LogP) is 8.87. The number of nitrogens with zero attached hydrogens (tertiary/aromatic N) is 5. The second-order valence-corrected chi connectivity index (χ2v) is 14.9. The number of likely N-dealkylation sites (tertiary alicyclic amines) is 1. The van der Waals surface area contributed by atoms with Crippen LogP contribution in [0.15, 0.2) is 42.9 Å². The second-order valence-electron chi connectivity index (χ2n) is 14.9. The number of amides is 2. The quantitative estimate of drug-likeness (QED) is 0.210. The Labute approximate surface area is 332 Å². The van der Waals surface area contributed by atoms with Crippen molar-refractivity contribution in [1.29, 1.82) is 0 Å². The summed E-state index contributed by atoms with van der Waals surface area (Å²) in [7, 11) is 0. The van der Waals surface area contributed by atoms with Gasteiger partial charge in [-0.2, -0.15) is 0 Å². The normalized spacial score (nSPS) is 13.6. The fourth-order valence-electron chi connectivity index (χ4n) is 5.08. The molecule has 2 fully saturated rings. The number of hydrogen-bond donors (Lipinski definition) is 1. The van der Waals surface area contributed by atoms with E-state index in [1.807, 2.05) is 48.8 Å². The number of carboxylic acid groups (broad SMARTS) is 1. The SMILES string of the molecule is CC(=O)C(C)C.CC(C)C(=O)O.CCCC(=O)N1CCCCC1.CCCC(=O)N1CCN(c2cnccn2)CC1.CCCCC(=O)c1cccc(C(C)C)c1. The number of benzene rings is 1. The molecule has 310 valence electrons. The first-order valence-corrected chi connectivity index (χ1v) is 20.5. The molecular weight excluding hydrogens is 695 g/mol. The van der Waals surface area contributed by atoms with Gasteiger partial charge in [-0.25, -0.2) is 4.98 Å². The lowest BCUT2D eigenvalue weighted by Gasteiger charge is -2.35. The topological polar surface area (TPSA) is 141 Å². The molecule has 0 aliphatic carbocycles. The van der Waals surface area contributed by atoms with Crippen LogP contribution in [0.25, 0.3) is 0 Å². The summed E-state index contributed by atoms with van der Waals surface area (Å²) < 4.78 is 0. The van der Waals surface area contributed by atoms with E-state index in [1.165, 1.54) is 24.8 Å². The summed E-state index contributed by atoms with van der Waals surface area (Å²) in [5.41, 5.74) is 2.12. The minimum Gasteiger partial charge on any atom is -0.481 e. The second kappa shape index (κ2) is 30.1. The van der Waals surface area contributed by atoms with E-state index in [0.29, 0.717) is 24.7 Å². The molecule has 11 heteroatoms. The van der Waals surface area contributed by atoms with Crippen molar-refractivity contribution in [2.75, 3.05) is 44.2 Å². The Hall–Kier alpha value is -4.15. The van der Waals surface area contributed by atoms with Gasteiger partial charge in [0.1, 0.15) is 11.6 Å². The summed E-state index contributed by atoms with van der Waals surface area (Å²) in [6, 6.07) is 8.02. The van der Waals surface area contributed by atoms with Crippen molar-refractivity contribution in [2.45, 2.75) is 139 Å². The van der Waals surface area contributed by atoms with Crippen LogP contribution in [0.2, 0.25) is 0 Å². The van der Waals surface area contributed by atoms with Crippen LogP contribution in [-0.2, 0) is 19.2 Å². The van der Waals surface area contributed by atoms with Crippen LogP contribution in [0.1, 0.15) is 155 Å². The third-order valence-electron chi connectivity index (χ3n) is 9.08. The summed E-state index contributed by atoms with van der Waals surface area (Å²) in [4.78, 5) is 69.1. The highest BCUT2D eigenvalue weighted by molar-refractivity contribution is 5.96. The van der Waals surface area contributed by atoms with Gasteiger partial charge in [-0.1, -0.05) is 86.9 Å². The van der Waals surface area contributed by atoms with Crippen molar-refractivity contribution >= 4 is 35.2 Å². The number of anilines is 1. The van der Waals surface area contributed by atoms with Crippen molar-refractivity contribution in [3.8, 4) is 0 Å². The van der Waals surface area contributed by atoms with E-state index in [2.05, 4.69) is 48.6 Å². The van der Waals surface area contributed by atoms with E-state index in [9.17, 15) is 24.0 Å². The standard InChI is InChI=1S/C14H20O.C12H18N4O.C9H17NO.C5H10O.C4H8O2/c1-4-5-9-14(15)13-8-6-7-12(10-13)11(2)3;1-2-3-12(17)16-8-6-15(7-9-16)11-10-13-4-5-14-11;1-2-6-9(11)10-7-4-3-5-8-10;1-4(2)5(3)6;1-3(2)4(5)6/h6-8,10-11H,4-5,9H2,1-3H3;4-5,10H,2-3,6-9H2,1H3;2-8H2,1H3;4H,1-3H3;3H,1-2H3,(H,5,6). The molecule has 11 nitrogen and oxygen atoms in total. The highest BCUT2D eigenvalue weighted by atomic mass is 16.4. The van der Waals surface area contributed by atoms with Crippen LogP contribution in [0.3, 0.4) is 0 Å². The van der Waals surface area contributed by atoms with Gasteiger partial charge in [-0.05, 0) is 63.0 Å². The van der Waals surface area contributed by atoms with Crippen molar-refractivity contribution in [3.63, 3.8) is 0 Å². The number of piperidine rings is 1. The molecule has 1 N–H and O–H groups in total. The summed E-state index contributed by atoms with van der Waals surface area (Å²) in [5, 5.41) is 7.99. The fourth-order valence-corrected chi connectivity index (χ4v) is 5.08. The summed E-state index contributed by atoms with van der Waals surface area (Å²) in [6.07, 6.45) is 14.9. The maximum absolute atomic E-state index is 11.8. The first-order chi connectivity index (χ1) is 26.1. The van der Waals surface area contributed by atoms with E-state index in [0.717, 1.165) is 82.8 Å². The number of carbonyl (C=O) groups is 5. The molecule has 2 amide bonds. The molecule has 55 heavy (non-hydrogen) atoms. The Bertz CT molecular complexity index is 1350. The monoisotopic (exact) mass is 768 g/mol. The zero-order valence-electron chi connectivity index (χ0n) is 35.8. The van der Waals surface area contributed by atoms with Crippen molar-refractivity contribution in [1.82, 2.24) is 19.8 Å². The lowest BCUT2D eigenvalue weighted by molar-refractivity contribution is -0.140. The van der Waals surface area contributed by atoms with Crippen LogP contribution in [0, 0.1) is 11.8 Å². The summed E-state index contributed by atoms with van der Waals surface area (Å²) in [6.45, 7) is 24.4. The van der Waals surface area contributed by atoms with Gasteiger partial charge in [-0.15, -0.1) is 0 Å². The van der Waals surface area contributed by atoms with Crippen molar-refractivity contribution < 1.29 is 29.1 Å². The minimum atomic E-state index is -0.741. The maximum atomic E-state index is 11.8. The Morgan fingerprint density at radius 1 is 0.709 bits per heavy atom. The number of unbranched alkanes of at least 4 members (excludes halogenated alkanes) is 1. The molecule has 0 radical (unpaired) electrons. The molecule has 3 heterocycles. The van der Waals surface area contributed by atoms with Gasteiger partial charge in [0.25, 0.3) is 0 Å². The Morgan fingerprint density at radius 2 is 1.24 bits per heavy atom. The zero-order valence-corrected chi connectivity index (χ0v) is 35.8. The number of aromatic nitrogens is 2. The third kappa shape index (κ3) is 23.4. The lowest BCUT2D eigenvalue weighted by Crippen LogP contribution is -2.49. The van der Waals surface area contributed by atoms with Gasteiger partial charge in [-0.3, -0.25) is 29.0 Å². The number of Topliss-reactive ketones (excluding diaryl/α,β-unsaturated/α-hetero) is 2. The first-order valence-electron chi connectivity index (χ1n) is 20.5. The smallest absolute Gasteiger partial charge is 0.305 e. The fraction of sp³-hybridized carbons (Fsp3) is 0.659. The molecule has 1 aromatic carbocycles. The third-order valence-corrected chi connectivity index (χ3v) is 9.08. The van der Waals surface area contributed by atoms with Crippen LogP contribution in [0.4, 0.5) is 5.82 Å². The number of hydrogen-bond acceptors (Lipinski definition) is 8. The molecule has 2 aliphatic heterocycles. The Balaban J connectivity index is 0.000000703. The molecule has 0 bridgehead atoms. The first kappa shape index (κ1) is 50.9. The number of rotatable bonds is 12. The number of piperazine rings is 1. The van der Waals surface area contributed by atoms with Crippen LogP contribution in [0.5, 0.6) is 0 Å². The van der Waals surface area contributed by atoms with Crippen molar-refractivity contribution in [3.05, 3.63) is 54.0 Å². The average Bonchev–Trinajstić information content (AvgIpc) is 3.19. The van der Waals surface area contributed by atoms with E-state index in [4.69, 9.17) is 5.11 Å². The number of carbonyl (C=O) groups excluding carboxylic acids is 4. The van der Waals surface area contributed by atoms with E-state index >= 15 is 0 Å². The highest BCUT2D eigenvalue weighted by Gasteiger charge is 2.21. The van der Waals surface area contributed by atoms with Crippen molar-refractivity contribution in [2.24, 2.45) is 11.8 Å². The molecule has 0 atom stereocenters. The van der Waals surface area contributed by atoms with Gasteiger partial charge in [0, 0.05) is 82.4 Å². The molecule has 4 rings (SSSR count). The average molecular weight is 768 g/mol. The molecule has 0 spiro atoms. The molecule has 2 aromatic rings. The number of aliphatic carboxylic acids is 1. The van der Waals surface area contributed by atoms with Gasteiger partial charge >= 0.3 is 5.97 Å². The van der Waals surface area contributed by atoms with Gasteiger partial charge in [0.15, 0.2) is 5.78 Å².